The molecule has 1 aromatic carbocycles. The van der Waals surface area contributed by atoms with Gasteiger partial charge in [0.25, 0.3) is 0 Å². The number of aromatic nitrogens is 2. The topological polar surface area (TPSA) is 149 Å². The molecule has 0 amide bonds. The maximum atomic E-state index is 13.4. The van der Waals surface area contributed by atoms with E-state index in [1.165, 1.54) is 6.26 Å². The minimum absolute atomic E-state index is 0.0344. The van der Waals surface area contributed by atoms with Gasteiger partial charge in [0.1, 0.15) is 15.7 Å². The zero-order valence-electron chi connectivity index (χ0n) is 14.2. The minimum atomic E-state index is -4.91. The lowest BCUT2D eigenvalue weighted by molar-refractivity contribution is -0.139. The first kappa shape index (κ1) is 21.4. The minimum Gasteiger partial charge on any atom is -0.409 e. The Kier molecular flexibility index (Phi) is 6.40. The predicted molar refractivity (Wildman–Crippen MR) is 90.9 cm³/mol. The summed E-state index contributed by atoms with van der Waals surface area (Å²) in [6.45, 7) is 0.232. The van der Waals surface area contributed by atoms with Crippen LogP contribution in [0.15, 0.2) is 28.0 Å². The largest absolute Gasteiger partial charge is 0.419 e. The molecule has 2 aromatic rings. The Labute approximate surface area is 156 Å². The molecule has 1 unspecified atom stereocenters. The van der Waals surface area contributed by atoms with E-state index in [9.17, 15) is 21.8 Å². The van der Waals surface area contributed by atoms with Crippen LogP contribution in [0.5, 0.6) is 0 Å². The van der Waals surface area contributed by atoms with Crippen LogP contribution in [-0.2, 0) is 16.1 Å². The van der Waals surface area contributed by atoms with Crippen LogP contribution in [0.2, 0.25) is 0 Å². The Morgan fingerprint density at radius 2 is 2.07 bits per heavy atom. The van der Waals surface area contributed by atoms with E-state index in [0.29, 0.717) is 12.1 Å². The molecule has 0 bridgehead atoms. The molecule has 0 spiro atoms. The monoisotopic (exact) mass is 425 g/mol. The number of rotatable bonds is 7. The predicted octanol–water partition coefficient (Wildman–Crippen LogP) is 2.07. The standard InChI is InChI=1S/C13H15F4N7O3S/c1-28(18,26)20-5-4-19-11-10(23-27-24-11)12(22-25)21-7-2-3-9(14)8(6-7)13(15,16)17/h2-3,6,25H,4-5H2,1H3,(H,19,24)(H,21,22)(H2,18,20,26). The third kappa shape index (κ3) is 5.78. The van der Waals surface area contributed by atoms with Gasteiger partial charge >= 0.3 is 6.18 Å². The van der Waals surface area contributed by atoms with E-state index < -0.39 is 33.3 Å². The highest BCUT2D eigenvalue weighted by atomic mass is 32.2. The van der Waals surface area contributed by atoms with Crippen LogP contribution in [0.4, 0.5) is 29.1 Å². The van der Waals surface area contributed by atoms with E-state index in [1.54, 1.807) is 0 Å². The van der Waals surface area contributed by atoms with Gasteiger partial charge in [-0.2, -0.15) is 13.2 Å². The van der Waals surface area contributed by atoms with Crippen molar-refractivity contribution in [3.8, 4) is 0 Å². The molecule has 154 valence electrons. The van der Waals surface area contributed by atoms with Crippen LogP contribution in [-0.4, -0.2) is 44.9 Å². The lowest BCUT2D eigenvalue weighted by Crippen LogP contribution is -2.27. The molecular formula is C13H15F4N7O3S. The number of nitrogens with zero attached hydrogens (tertiary/aromatic N) is 3. The fourth-order valence-electron chi connectivity index (χ4n) is 1.98. The fourth-order valence-corrected chi connectivity index (χ4v) is 2.47. The Hall–Kier alpha value is -2.94. The number of anilines is 2. The second-order valence-electron chi connectivity index (χ2n) is 5.39. The Morgan fingerprint density at radius 3 is 2.68 bits per heavy atom. The molecule has 0 fully saturated rings. The van der Waals surface area contributed by atoms with Gasteiger partial charge in [-0.3, -0.25) is 0 Å². The highest BCUT2D eigenvalue weighted by Crippen LogP contribution is 2.33. The molecule has 10 nitrogen and oxygen atoms in total. The molecule has 0 saturated carbocycles. The van der Waals surface area contributed by atoms with Gasteiger partial charge in [0.2, 0.25) is 11.7 Å². The molecule has 0 aliphatic heterocycles. The number of oxime groups is 1. The SMILES string of the molecule is CS(=N)(=O)NCCNc1nonc1/C(=N/O)Nc1ccc(F)c(C(F)(F)F)c1. The highest BCUT2D eigenvalue weighted by molar-refractivity contribution is 7.89. The van der Waals surface area contributed by atoms with Gasteiger partial charge in [0.15, 0.2) is 5.69 Å². The van der Waals surface area contributed by atoms with Gasteiger partial charge in [-0.25, -0.2) is 22.7 Å². The zero-order valence-corrected chi connectivity index (χ0v) is 15.0. The van der Waals surface area contributed by atoms with E-state index in [4.69, 9.17) is 9.99 Å². The lowest BCUT2D eigenvalue weighted by Gasteiger charge is -2.12. The molecule has 5 N–H and O–H groups in total. The number of hydrogen-bond acceptors (Lipinski definition) is 8. The van der Waals surface area contributed by atoms with Crippen LogP contribution < -0.4 is 15.4 Å². The van der Waals surface area contributed by atoms with Crippen molar-refractivity contribution in [2.75, 3.05) is 30.0 Å². The molecule has 0 saturated heterocycles. The van der Waals surface area contributed by atoms with Crippen LogP contribution in [0.1, 0.15) is 11.3 Å². The number of hydrogen-bond donors (Lipinski definition) is 5. The normalized spacial score (nSPS) is 14.5. The van der Waals surface area contributed by atoms with Crippen molar-refractivity contribution < 1.29 is 31.6 Å². The molecule has 15 heteroatoms. The zero-order chi connectivity index (χ0) is 20.9. The highest BCUT2D eigenvalue weighted by Gasteiger charge is 2.34. The molecule has 1 heterocycles. The van der Waals surface area contributed by atoms with Gasteiger partial charge in [-0.15, -0.1) is 0 Å². The molecule has 2 rings (SSSR count). The number of benzene rings is 1. The summed E-state index contributed by atoms with van der Waals surface area (Å²) in [4.78, 5) is 0. The van der Waals surface area contributed by atoms with Crippen LogP contribution in [0.25, 0.3) is 0 Å². The molecule has 0 aliphatic carbocycles. The first-order chi connectivity index (χ1) is 13.0. The van der Waals surface area contributed by atoms with Crippen molar-refractivity contribution in [2.45, 2.75) is 6.18 Å². The van der Waals surface area contributed by atoms with Crippen LogP contribution >= 0.6 is 0 Å². The van der Waals surface area contributed by atoms with Gasteiger partial charge in [-0.1, -0.05) is 5.16 Å². The second-order valence-corrected chi connectivity index (χ2v) is 7.37. The van der Waals surface area contributed by atoms with Crippen LogP contribution in [0, 0.1) is 10.6 Å². The van der Waals surface area contributed by atoms with Gasteiger partial charge in [-0.05, 0) is 28.5 Å². The Bertz CT molecular complexity index is 959. The van der Waals surface area contributed by atoms with Crippen molar-refractivity contribution in [3.05, 3.63) is 35.3 Å². The molecular weight excluding hydrogens is 410 g/mol. The number of halogens is 4. The van der Waals surface area contributed by atoms with Gasteiger partial charge in [0.05, 0.1) is 5.56 Å². The Morgan fingerprint density at radius 1 is 1.36 bits per heavy atom. The molecule has 1 atom stereocenters. The first-order valence-corrected chi connectivity index (χ1v) is 9.39. The summed E-state index contributed by atoms with van der Waals surface area (Å²) in [5, 5.41) is 24.1. The van der Waals surface area contributed by atoms with Crippen molar-refractivity contribution in [3.63, 3.8) is 0 Å². The smallest absolute Gasteiger partial charge is 0.409 e. The van der Waals surface area contributed by atoms with E-state index in [0.717, 1.165) is 6.07 Å². The summed E-state index contributed by atoms with van der Waals surface area (Å²) < 4.78 is 77.1. The number of amidine groups is 1. The summed E-state index contributed by atoms with van der Waals surface area (Å²) in [6, 6.07) is 2.11. The third-order valence-corrected chi connectivity index (χ3v) is 3.90. The second kappa shape index (κ2) is 8.39. The van der Waals surface area contributed by atoms with Gasteiger partial charge < -0.3 is 15.8 Å². The maximum absolute atomic E-state index is 13.4. The van der Waals surface area contributed by atoms with Gasteiger partial charge in [0, 0.05) is 25.0 Å². The molecule has 0 radical (unpaired) electrons. The van der Waals surface area contributed by atoms with Crippen molar-refractivity contribution in [1.82, 2.24) is 15.0 Å². The fraction of sp³-hybridized carbons (Fsp3) is 0.308. The third-order valence-electron chi connectivity index (χ3n) is 3.14. The lowest BCUT2D eigenvalue weighted by atomic mass is 10.1. The molecule has 0 aliphatic rings. The summed E-state index contributed by atoms with van der Waals surface area (Å²) >= 11 is 0. The average molecular weight is 425 g/mol. The van der Waals surface area contributed by atoms with E-state index in [-0.39, 0.29) is 30.3 Å². The van der Waals surface area contributed by atoms with E-state index in [1.807, 2.05) is 0 Å². The van der Waals surface area contributed by atoms with Crippen molar-refractivity contribution >= 4 is 27.3 Å². The number of nitrogens with one attached hydrogen (secondary N) is 4. The van der Waals surface area contributed by atoms with Crippen molar-refractivity contribution in [1.29, 1.82) is 4.78 Å². The van der Waals surface area contributed by atoms with Crippen LogP contribution in [0.3, 0.4) is 0 Å². The molecule has 28 heavy (non-hydrogen) atoms. The molecule has 1 aromatic heterocycles. The quantitative estimate of drug-likeness (QED) is 0.114. The maximum Gasteiger partial charge on any atom is 0.419 e. The van der Waals surface area contributed by atoms with E-state index in [2.05, 4.69) is 35.5 Å². The summed E-state index contributed by atoms with van der Waals surface area (Å²) in [5.41, 5.74) is -1.91. The number of alkyl halides is 3. The first-order valence-electron chi connectivity index (χ1n) is 7.42. The van der Waals surface area contributed by atoms with Crippen molar-refractivity contribution in [2.24, 2.45) is 5.16 Å². The van der Waals surface area contributed by atoms with E-state index >= 15 is 0 Å². The summed E-state index contributed by atoms with van der Waals surface area (Å²) in [7, 11) is -2.90. The average Bonchev–Trinajstić information content (AvgIpc) is 3.04. The summed E-state index contributed by atoms with van der Waals surface area (Å²) in [6.07, 6.45) is -3.72. The summed E-state index contributed by atoms with van der Waals surface area (Å²) in [5.74, 6) is -1.91. The Balaban J connectivity index is 2.14.